The molecule has 7 nitrogen and oxygen atoms in total. The third-order valence-corrected chi connectivity index (χ3v) is 4.06. The van der Waals surface area contributed by atoms with Crippen LogP contribution in [0.5, 0.6) is 11.5 Å². The van der Waals surface area contributed by atoms with Crippen LogP contribution < -0.4 is 16.0 Å². The number of benzene rings is 2. The number of likely N-dealkylation sites (N-methyl/N-ethyl adjacent to an activating group) is 1. The molecule has 0 saturated carbocycles. The zero-order valence-electron chi connectivity index (χ0n) is 15.5. The third-order valence-electron chi connectivity index (χ3n) is 4.06. The zero-order valence-corrected chi connectivity index (χ0v) is 15.5. The fourth-order valence-electron chi connectivity index (χ4n) is 2.54. The lowest BCUT2D eigenvalue weighted by Gasteiger charge is -2.16. The molecule has 0 saturated heterocycles. The largest absolute Gasteiger partial charge is 0.457 e. The van der Waals surface area contributed by atoms with E-state index in [1.54, 1.807) is 19.6 Å². The summed E-state index contributed by atoms with van der Waals surface area (Å²) in [7, 11) is 3.37. The number of nitrogens with two attached hydrogens (primary N) is 1. The van der Waals surface area contributed by atoms with Crippen molar-refractivity contribution in [1.82, 2.24) is 10.4 Å². The Bertz CT molecular complexity index is 758. The van der Waals surface area contributed by atoms with E-state index in [4.69, 9.17) is 15.7 Å². The van der Waals surface area contributed by atoms with E-state index in [0.717, 1.165) is 11.1 Å². The fourth-order valence-corrected chi connectivity index (χ4v) is 2.54. The number of rotatable bonds is 8. The molecule has 0 bridgehead atoms. The lowest BCUT2D eigenvalue weighted by Crippen LogP contribution is -2.41. The standard InChI is InChI=1S/C20H25N3O4/c1-23(2)20(25)18(21)13-15-5-10-17(11-6-15)27-16-8-3-14(4-9-16)7-12-19(24)22-26/h3-6,8-11,18,26H,7,12-13,21H2,1-2H3,(H,22,24)/t18-/m0/s1. The Morgan fingerprint density at radius 3 is 2.04 bits per heavy atom. The quantitative estimate of drug-likeness (QED) is 0.485. The van der Waals surface area contributed by atoms with Crippen LogP contribution in [-0.4, -0.2) is 42.1 Å². The first-order valence-corrected chi connectivity index (χ1v) is 8.64. The maximum absolute atomic E-state index is 11.8. The van der Waals surface area contributed by atoms with Crippen molar-refractivity contribution in [1.29, 1.82) is 0 Å². The Morgan fingerprint density at radius 2 is 1.56 bits per heavy atom. The molecule has 2 amide bonds. The van der Waals surface area contributed by atoms with E-state index in [2.05, 4.69) is 0 Å². The molecule has 0 heterocycles. The van der Waals surface area contributed by atoms with E-state index in [1.807, 2.05) is 48.5 Å². The van der Waals surface area contributed by atoms with Crippen molar-refractivity contribution in [3.8, 4) is 11.5 Å². The highest BCUT2D eigenvalue weighted by atomic mass is 16.5. The second-order valence-corrected chi connectivity index (χ2v) is 6.47. The molecule has 0 spiro atoms. The topological polar surface area (TPSA) is 105 Å². The maximum Gasteiger partial charge on any atom is 0.243 e. The van der Waals surface area contributed by atoms with Crippen molar-refractivity contribution in [3.63, 3.8) is 0 Å². The van der Waals surface area contributed by atoms with E-state index in [1.165, 1.54) is 4.90 Å². The highest BCUT2D eigenvalue weighted by Crippen LogP contribution is 2.22. The average Bonchev–Trinajstić information content (AvgIpc) is 2.67. The normalized spacial score (nSPS) is 11.6. The van der Waals surface area contributed by atoms with Gasteiger partial charge in [0, 0.05) is 20.5 Å². The van der Waals surface area contributed by atoms with Crippen molar-refractivity contribution in [2.24, 2.45) is 5.73 Å². The van der Waals surface area contributed by atoms with Crippen LogP contribution in [0.25, 0.3) is 0 Å². The highest BCUT2D eigenvalue weighted by molar-refractivity contribution is 5.81. The predicted octanol–water partition coefficient (Wildman–Crippen LogP) is 1.87. The SMILES string of the molecule is CN(C)C(=O)[C@@H](N)Cc1ccc(Oc2ccc(CCC(=O)NO)cc2)cc1. The van der Waals surface area contributed by atoms with Gasteiger partial charge in [-0.05, 0) is 48.2 Å². The summed E-state index contributed by atoms with van der Waals surface area (Å²) < 4.78 is 5.80. The Labute approximate surface area is 158 Å². The van der Waals surface area contributed by atoms with Crippen LogP contribution in [0.2, 0.25) is 0 Å². The molecule has 2 aromatic carbocycles. The summed E-state index contributed by atoms with van der Waals surface area (Å²) in [5.74, 6) is 0.838. The molecule has 0 aliphatic heterocycles. The molecule has 2 rings (SSSR count). The number of carbonyl (C=O) groups excluding carboxylic acids is 2. The molecule has 27 heavy (non-hydrogen) atoms. The van der Waals surface area contributed by atoms with Crippen LogP contribution in [0, 0.1) is 0 Å². The van der Waals surface area contributed by atoms with Crippen LogP contribution in [0.4, 0.5) is 0 Å². The van der Waals surface area contributed by atoms with E-state index in [0.29, 0.717) is 24.3 Å². The summed E-state index contributed by atoms with van der Waals surface area (Å²) in [6, 6.07) is 14.3. The molecular weight excluding hydrogens is 346 g/mol. The number of hydrogen-bond donors (Lipinski definition) is 3. The zero-order chi connectivity index (χ0) is 19.8. The second kappa shape index (κ2) is 9.70. The van der Waals surface area contributed by atoms with Gasteiger partial charge in [-0.25, -0.2) is 5.48 Å². The van der Waals surface area contributed by atoms with E-state index in [9.17, 15) is 9.59 Å². The van der Waals surface area contributed by atoms with Crippen LogP contribution in [-0.2, 0) is 22.4 Å². The summed E-state index contributed by atoms with van der Waals surface area (Å²) in [5, 5.41) is 8.49. The van der Waals surface area contributed by atoms with Crippen molar-refractivity contribution < 1.29 is 19.5 Å². The Morgan fingerprint density at radius 1 is 1.04 bits per heavy atom. The van der Waals surface area contributed by atoms with Gasteiger partial charge in [-0.3, -0.25) is 14.8 Å². The first-order chi connectivity index (χ1) is 12.9. The molecule has 1 atom stereocenters. The molecule has 0 aromatic heterocycles. The molecule has 0 fully saturated rings. The Kier molecular flexibility index (Phi) is 7.34. The summed E-state index contributed by atoms with van der Waals surface area (Å²) in [4.78, 5) is 24.4. The molecule has 0 aliphatic carbocycles. The predicted molar refractivity (Wildman–Crippen MR) is 102 cm³/mol. The van der Waals surface area contributed by atoms with Crippen molar-refractivity contribution >= 4 is 11.8 Å². The van der Waals surface area contributed by atoms with Gasteiger partial charge < -0.3 is 15.4 Å². The maximum atomic E-state index is 11.8. The highest BCUT2D eigenvalue weighted by Gasteiger charge is 2.15. The van der Waals surface area contributed by atoms with Gasteiger partial charge in [-0.1, -0.05) is 24.3 Å². The minimum atomic E-state index is -0.563. The lowest BCUT2D eigenvalue weighted by molar-refractivity contribution is -0.130. The van der Waals surface area contributed by atoms with E-state index < -0.39 is 11.9 Å². The van der Waals surface area contributed by atoms with Gasteiger partial charge in [0.2, 0.25) is 11.8 Å². The molecule has 4 N–H and O–H groups in total. The molecule has 7 heteroatoms. The number of carbonyl (C=O) groups is 2. The molecular formula is C20H25N3O4. The van der Waals surface area contributed by atoms with Gasteiger partial charge in [0.15, 0.2) is 0 Å². The van der Waals surface area contributed by atoms with Gasteiger partial charge in [-0.15, -0.1) is 0 Å². The summed E-state index contributed by atoms with van der Waals surface area (Å²) in [6.07, 6.45) is 1.22. The number of ether oxygens (including phenoxy) is 1. The van der Waals surface area contributed by atoms with E-state index in [-0.39, 0.29) is 12.3 Å². The van der Waals surface area contributed by atoms with Crippen molar-refractivity contribution in [2.45, 2.75) is 25.3 Å². The van der Waals surface area contributed by atoms with Gasteiger partial charge >= 0.3 is 0 Å². The lowest BCUT2D eigenvalue weighted by atomic mass is 10.1. The molecule has 144 valence electrons. The summed E-state index contributed by atoms with van der Waals surface area (Å²) in [6.45, 7) is 0. The number of nitrogens with zero attached hydrogens (tertiary/aromatic N) is 1. The van der Waals surface area contributed by atoms with Crippen LogP contribution in [0.15, 0.2) is 48.5 Å². The van der Waals surface area contributed by atoms with Gasteiger partial charge in [0.25, 0.3) is 0 Å². The molecule has 0 aliphatic rings. The number of nitrogens with one attached hydrogen (secondary N) is 1. The van der Waals surface area contributed by atoms with Crippen LogP contribution in [0.1, 0.15) is 17.5 Å². The second-order valence-electron chi connectivity index (χ2n) is 6.47. The first kappa shape index (κ1) is 20.4. The monoisotopic (exact) mass is 371 g/mol. The smallest absolute Gasteiger partial charge is 0.243 e. The molecule has 0 unspecified atom stereocenters. The average molecular weight is 371 g/mol. The fraction of sp³-hybridized carbons (Fsp3) is 0.300. The van der Waals surface area contributed by atoms with Gasteiger partial charge in [-0.2, -0.15) is 0 Å². The summed E-state index contributed by atoms with van der Waals surface area (Å²) in [5.41, 5.74) is 9.47. The van der Waals surface area contributed by atoms with Gasteiger partial charge in [0.1, 0.15) is 11.5 Å². The first-order valence-electron chi connectivity index (χ1n) is 8.64. The van der Waals surface area contributed by atoms with Gasteiger partial charge in [0.05, 0.1) is 6.04 Å². The number of amides is 2. The number of hydroxylamine groups is 1. The Balaban J connectivity index is 1.90. The molecule has 0 radical (unpaired) electrons. The minimum Gasteiger partial charge on any atom is -0.457 e. The summed E-state index contributed by atoms with van der Waals surface area (Å²) >= 11 is 0. The third kappa shape index (κ3) is 6.40. The number of aryl methyl sites for hydroxylation is 1. The Hall–Kier alpha value is -2.90. The minimum absolute atomic E-state index is 0.105. The van der Waals surface area contributed by atoms with Crippen LogP contribution >= 0.6 is 0 Å². The number of hydrogen-bond acceptors (Lipinski definition) is 5. The van der Waals surface area contributed by atoms with Crippen LogP contribution in [0.3, 0.4) is 0 Å². The van der Waals surface area contributed by atoms with E-state index >= 15 is 0 Å². The molecule has 2 aromatic rings. The van der Waals surface area contributed by atoms with Crippen molar-refractivity contribution in [3.05, 3.63) is 59.7 Å². The van der Waals surface area contributed by atoms with Crippen molar-refractivity contribution in [2.75, 3.05) is 14.1 Å².